The van der Waals surface area contributed by atoms with Crippen LogP contribution in [0, 0.1) is 0 Å². The molecule has 2 aliphatic heterocycles. The first-order valence-electron chi connectivity index (χ1n) is 7.14. The number of hydrogen-bond donors (Lipinski definition) is 1. The summed E-state index contributed by atoms with van der Waals surface area (Å²) in [5.41, 5.74) is 0.850. The van der Waals surface area contributed by atoms with E-state index in [-0.39, 0.29) is 11.2 Å². The maximum atomic E-state index is 6.28. The van der Waals surface area contributed by atoms with Gasteiger partial charge in [-0.05, 0) is 39.8 Å². The second kappa shape index (κ2) is 4.50. The smallest absolute Gasteiger partial charge is 0.126 e. The Labute approximate surface area is 115 Å². The van der Waals surface area contributed by atoms with Crippen LogP contribution < -0.4 is 10.1 Å². The molecule has 2 atom stereocenters. The number of para-hydroxylation sites is 1. The Kier molecular flexibility index (Phi) is 3.06. The number of hydrogen-bond acceptors (Lipinski definition) is 3. The van der Waals surface area contributed by atoms with Crippen LogP contribution in [-0.2, 0) is 10.3 Å². The molecule has 0 aliphatic carbocycles. The molecule has 1 aromatic rings. The Morgan fingerprint density at radius 1 is 1.26 bits per heavy atom. The van der Waals surface area contributed by atoms with Crippen LogP contribution in [0.5, 0.6) is 5.75 Å². The molecule has 1 aromatic carbocycles. The van der Waals surface area contributed by atoms with Crippen molar-refractivity contribution < 1.29 is 9.47 Å². The van der Waals surface area contributed by atoms with E-state index in [1.54, 1.807) is 0 Å². The Morgan fingerprint density at radius 2 is 2.05 bits per heavy atom. The largest absolute Gasteiger partial charge is 0.487 e. The molecule has 0 saturated carbocycles. The molecule has 104 valence electrons. The molecule has 0 bridgehead atoms. The van der Waals surface area contributed by atoms with Crippen LogP contribution >= 0.6 is 0 Å². The topological polar surface area (TPSA) is 30.5 Å². The Balaban J connectivity index is 2.04. The van der Waals surface area contributed by atoms with Crippen molar-refractivity contribution >= 4 is 0 Å². The first-order chi connectivity index (χ1) is 9.05. The number of nitrogens with one attached hydrogen (secondary N) is 1. The highest BCUT2D eigenvalue weighted by atomic mass is 16.5. The molecule has 0 amide bonds. The normalized spacial score (nSPS) is 32.7. The molecule has 0 aromatic heterocycles. The van der Waals surface area contributed by atoms with Gasteiger partial charge in [-0.15, -0.1) is 0 Å². The van der Waals surface area contributed by atoms with Gasteiger partial charge >= 0.3 is 0 Å². The van der Waals surface area contributed by atoms with E-state index >= 15 is 0 Å². The molecule has 1 N–H and O–H groups in total. The lowest BCUT2D eigenvalue weighted by Gasteiger charge is -2.49. The van der Waals surface area contributed by atoms with Crippen molar-refractivity contribution in [1.82, 2.24) is 5.32 Å². The van der Waals surface area contributed by atoms with Gasteiger partial charge in [0.1, 0.15) is 17.0 Å². The lowest BCUT2D eigenvalue weighted by Crippen LogP contribution is -2.51. The van der Waals surface area contributed by atoms with Crippen molar-refractivity contribution in [1.29, 1.82) is 0 Å². The minimum Gasteiger partial charge on any atom is -0.487 e. The minimum absolute atomic E-state index is 0.177. The van der Waals surface area contributed by atoms with E-state index in [0.29, 0.717) is 6.04 Å². The minimum atomic E-state index is -0.190. The molecular weight excluding hydrogens is 238 g/mol. The molecule has 3 heteroatoms. The molecule has 2 aliphatic rings. The van der Waals surface area contributed by atoms with E-state index in [9.17, 15) is 0 Å². The molecule has 1 saturated heterocycles. The average molecular weight is 261 g/mol. The van der Waals surface area contributed by atoms with Crippen molar-refractivity contribution in [3.63, 3.8) is 0 Å². The molecule has 1 fully saturated rings. The second-order valence-electron chi connectivity index (χ2n) is 6.36. The number of ether oxygens (including phenoxy) is 2. The van der Waals surface area contributed by atoms with Crippen LogP contribution in [-0.4, -0.2) is 25.3 Å². The third-order valence-corrected chi connectivity index (χ3v) is 4.30. The van der Waals surface area contributed by atoms with E-state index < -0.39 is 0 Å². The third-order valence-electron chi connectivity index (χ3n) is 4.30. The Morgan fingerprint density at radius 3 is 2.84 bits per heavy atom. The van der Waals surface area contributed by atoms with E-state index in [0.717, 1.165) is 31.6 Å². The van der Waals surface area contributed by atoms with Crippen molar-refractivity contribution in [3.8, 4) is 5.75 Å². The van der Waals surface area contributed by atoms with Crippen molar-refractivity contribution in [2.45, 2.75) is 50.4 Å². The summed E-state index contributed by atoms with van der Waals surface area (Å²) in [6, 6.07) is 8.85. The highest BCUT2D eigenvalue weighted by Gasteiger charge is 2.48. The van der Waals surface area contributed by atoms with Crippen LogP contribution in [0.15, 0.2) is 24.3 Å². The molecule has 2 unspecified atom stereocenters. The quantitative estimate of drug-likeness (QED) is 0.843. The highest BCUT2D eigenvalue weighted by Crippen LogP contribution is 2.49. The van der Waals surface area contributed by atoms with Crippen LogP contribution in [0.4, 0.5) is 0 Å². The lowest BCUT2D eigenvalue weighted by molar-refractivity contribution is -0.142. The lowest BCUT2D eigenvalue weighted by atomic mass is 9.75. The molecule has 3 rings (SSSR count). The first-order valence-corrected chi connectivity index (χ1v) is 7.14. The molecular formula is C16H23NO2. The van der Waals surface area contributed by atoms with Crippen LogP contribution in [0.1, 0.15) is 38.7 Å². The molecule has 19 heavy (non-hydrogen) atoms. The predicted molar refractivity (Wildman–Crippen MR) is 75.5 cm³/mol. The molecule has 1 spiro atoms. The summed E-state index contributed by atoms with van der Waals surface area (Å²) < 4.78 is 12.4. The number of fused-ring (bicyclic) bond motifs is 2. The summed E-state index contributed by atoms with van der Waals surface area (Å²) in [7, 11) is 2.04. The Hall–Kier alpha value is -1.06. The number of rotatable bonds is 1. The maximum Gasteiger partial charge on any atom is 0.126 e. The molecule has 2 heterocycles. The van der Waals surface area contributed by atoms with Crippen molar-refractivity contribution in [2.75, 3.05) is 13.7 Å². The summed E-state index contributed by atoms with van der Waals surface area (Å²) in [4.78, 5) is 0. The van der Waals surface area contributed by atoms with E-state index in [1.807, 2.05) is 13.1 Å². The second-order valence-corrected chi connectivity index (χ2v) is 6.36. The van der Waals surface area contributed by atoms with Gasteiger partial charge in [0.15, 0.2) is 0 Å². The van der Waals surface area contributed by atoms with Crippen LogP contribution in [0.25, 0.3) is 0 Å². The summed E-state index contributed by atoms with van der Waals surface area (Å²) in [5, 5.41) is 3.41. The van der Waals surface area contributed by atoms with Gasteiger partial charge in [-0.1, -0.05) is 18.2 Å². The third kappa shape index (κ3) is 2.26. The monoisotopic (exact) mass is 261 g/mol. The predicted octanol–water partition coefficient (Wildman–Crippen LogP) is 2.84. The van der Waals surface area contributed by atoms with E-state index in [2.05, 4.69) is 37.4 Å². The summed E-state index contributed by atoms with van der Waals surface area (Å²) >= 11 is 0. The molecule has 0 radical (unpaired) electrons. The van der Waals surface area contributed by atoms with Gasteiger partial charge in [0.2, 0.25) is 0 Å². The average Bonchev–Trinajstić information content (AvgIpc) is 2.37. The zero-order chi connectivity index (χ0) is 13.5. The van der Waals surface area contributed by atoms with Gasteiger partial charge in [-0.3, -0.25) is 0 Å². The van der Waals surface area contributed by atoms with Gasteiger partial charge in [-0.25, -0.2) is 0 Å². The van der Waals surface area contributed by atoms with Crippen molar-refractivity contribution in [2.24, 2.45) is 0 Å². The summed E-state index contributed by atoms with van der Waals surface area (Å²) in [5.74, 6) is 0.982. The van der Waals surface area contributed by atoms with Gasteiger partial charge in [0, 0.05) is 24.6 Å². The molecule has 3 nitrogen and oxygen atoms in total. The zero-order valence-electron chi connectivity index (χ0n) is 12.0. The Bertz CT molecular complexity index is 472. The van der Waals surface area contributed by atoms with Gasteiger partial charge in [0.25, 0.3) is 0 Å². The van der Waals surface area contributed by atoms with Gasteiger partial charge in [0.05, 0.1) is 0 Å². The standard InChI is InChI=1S/C16H23NO2/c1-15(2)11-16(10-12(17-3)8-9-18-16)13-6-4-5-7-14(13)19-15/h4-7,12,17H,8-11H2,1-3H3. The van der Waals surface area contributed by atoms with Gasteiger partial charge < -0.3 is 14.8 Å². The highest BCUT2D eigenvalue weighted by molar-refractivity contribution is 5.41. The zero-order valence-corrected chi connectivity index (χ0v) is 12.0. The van der Waals surface area contributed by atoms with Crippen LogP contribution in [0.3, 0.4) is 0 Å². The SMILES string of the molecule is CNC1CCOC2(C1)CC(C)(C)Oc1ccccc12. The van der Waals surface area contributed by atoms with E-state index in [1.165, 1.54) is 5.56 Å². The first kappa shape index (κ1) is 12.9. The fraction of sp³-hybridized carbons (Fsp3) is 0.625. The fourth-order valence-electron chi connectivity index (χ4n) is 3.56. The maximum absolute atomic E-state index is 6.28. The summed E-state index contributed by atoms with van der Waals surface area (Å²) in [6.45, 7) is 5.12. The van der Waals surface area contributed by atoms with Gasteiger partial charge in [-0.2, -0.15) is 0 Å². The fourth-order valence-corrected chi connectivity index (χ4v) is 3.56. The summed E-state index contributed by atoms with van der Waals surface area (Å²) in [6.07, 6.45) is 3.02. The van der Waals surface area contributed by atoms with E-state index in [4.69, 9.17) is 9.47 Å². The van der Waals surface area contributed by atoms with Crippen molar-refractivity contribution in [3.05, 3.63) is 29.8 Å². The number of benzene rings is 1. The van der Waals surface area contributed by atoms with Crippen LogP contribution in [0.2, 0.25) is 0 Å².